The number of hydrogen-bond donors (Lipinski definition) is 2. The van der Waals surface area contributed by atoms with Crippen molar-refractivity contribution < 1.29 is 10.0 Å². The molecule has 0 amide bonds. The lowest BCUT2D eigenvalue weighted by Crippen LogP contribution is -2.29. The van der Waals surface area contributed by atoms with E-state index in [0.29, 0.717) is 5.46 Å². The number of hydrogen-bond acceptors (Lipinski definition) is 2. The quantitative estimate of drug-likeness (QED) is 0.732. The van der Waals surface area contributed by atoms with Crippen LogP contribution >= 0.6 is 15.9 Å². The molecule has 0 heterocycles. The van der Waals surface area contributed by atoms with Gasteiger partial charge in [-0.05, 0) is 23.5 Å². The minimum absolute atomic E-state index is 0.513. The number of benzene rings is 1. The Kier molecular flexibility index (Phi) is 3.32. The Bertz CT molecular complexity index is 276. The lowest BCUT2D eigenvalue weighted by atomic mass is 9.80. The summed E-state index contributed by atoms with van der Waals surface area (Å²) in [6.07, 6.45) is 0.933. The zero-order valence-corrected chi connectivity index (χ0v) is 8.37. The highest BCUT2D eigenvalue weighted by Gasteiger charge is 2.11. The van der Waals surface area contributed by atoms with Gasteiger partial charge in [-0.15, -0.1) is 0 Å². The van der Waals surface area contributed by atoms with Crippen molar-refractivity contribution in [1.29, 1.82) is 0 Å². The third kappa shape index (κ3) is 2.09. The van der Waals surface area contributed by atoms with Gasteiger partial charge in [0.15, 0.2) is 0 Å². The Morgan fingerprint density at radius 1 is 1.42 bits per heavy atom. The molecular formula is C8H10BBrO2. The van der Waals surface area contributed by atoms with Crippen LogP contribution < -0.4 is 5.46 Å². The lowest BCUT2D eigenvalue weighted by molar-refractivity contribution is 0.426. The first-order valence-electron chi connectivity index (χ1n) is 3.79. The smallest absolute Gasteiger partial charge is 0.423 e. The van der Waals surface area contributed by atoms with E-state index in [1.807, 2.05) is 6.07 Å². The summed E-state index contributed by atoms with van der Waals surface area (Å²) < 4.78 is 0.926. The normalized spacial score (nSPS) is 10.0. The van der Waals surface area contributed by atoms with Gasteiger partial charge < -0.3 is 10.0 Å². The topological polar surface area (TPSA) is 40.5 Å². The van der Waals surface area contributed by atoms with Crippen LogP contribution in [0, 0.1) is 0 Å². The van der Waals surface area contributed by atoms with Gasteiger partial charge >= 0.3 is 7.12 Å². The van der Waals surface area contributed by atoms with Gasteiger partial charge in [0.05, 0.1) is 0 Å². The van der Waals surface area contributed by atoms with Crippen LogP contribution in [-0.2, 0) is 6.42 Å². The molecule has 0 atom stereocenters. The fourth-order valence-electron chi connectivity index (χ4n) is 1.01. The molecule has 0 aliphatic carbocycles. The maximum atomic E-state index is 8.85. The summed E-state index contributed by atoms with van der Waals surface area (Å²) in [5, 5.41) is 17.7. The van der Waals surface area contributed by atoms with E-state index in [-0.39, 0.29) is 0 Å². The average molecular weight is 229 g/mol. The van der Waals surface area contributed by atoms with Crippen LogP contribution in [0.1, 0.15) is 12.5 Å². The van der Waals surface area contributed by atoms with Crippen LogP contribution in [-0.4, -0.2) is 17.2 Å². The highest BCUT2D eigenvalue weighted by Crippen LogP contribution is 2.14. The molecule has 1 aromatic rings. The molecule has 4 heteroatoms. The molecule has 0 bridgehead atoms. The first-order chi connectivity index (χ1) is 5.65. The predicted molar refractivity (Wildman–Crippen MR) is 53.3 cm³/mol. The molecule has 1 rings (SSSR count). The third-order valence-electron chi connectivity index (χ3n) is 1.76. The minimum atomic E-state index is -1.38. The Hall–Kier alpha value is -0.315. The molecule has 0 spiro atoms. The Balaban J connectivity index is 3.02. The summed E-state index contributed by atoms with van der Waals surface area (Å²) in [6, 6.07) is 5.33. The molecule has 0 aliphatic rings. The summed E-state index contributed by atoms with van der Waals surface area (Å²) in [6.45, 7) is 2.05. The molecule has 0 unspecified atom stereocenters. The molecule has 0 aliphatic heterocycles. The third-order valence-corrected chi connectivity index (χ3v) is 2.49. The van der Waals surface area contributed by atoms with Crippen molar-refractivity contribution >= 4 is 28.5 Å². The first-order valence-corrected chi connectivity index (χ1v) is 4.59. The highest BCUT2D eigenvalue weighted by atomic mass is 79.9. The van der Waals surface area contributed by atoms with Crippen LogP contribution in [0.5, 0.6) is 0 Å². The second kappa shape index (κ2) is 4.07. The first kappa shape index (κ1) is 9.77. The van der Waals surface area contributed by atoms with Crippen molar-refractivity contribution in [3.8, 4) is 0 Å². The fourth-order valence-corrected chi connectivity index (χ4v) is 1.69. The van der Waals surface area contributed by atoms with E-state index in [0.717, 1.165) is 10.9 Å². The monoisotopic (exact) mass is 228 g/mol. The SMILES string of the molecule is CCc1ccc(B(O)O)cc1Br. The number of aryl methyl sites for hydroxylation is 1. The van der Waals surface area contributed by atoms with Crippen LogP contribution in [0.4, 0.5) is 0 Å². The van der Waals surface area contributed by atoms with E-state index < -0.39 is 7.12 Å². The van der Waals surface area contributed by atoms with Gasteiger partial charge in [-0.2, -0.15) is 0 Å². The molecule has 12 heavy (non-hydrogen) atoms. The number of rotatable bonds is 2. The van der Waals surface area contributed by atoms with Crippen LogP contribution in [0.2, 0.25) is 0 Å². The van der Waals surface area contributed by atoms with E-state index in [4.69, 9.17) is 10.0 Å². The second-order valence-corrected chi connectivity index (χ2v) is 3.43. The molecular weight excluding hydrogens is 219 g/mol. The molecule has 0 aromatic heterocycles. The molecule has 2 N–H and O–H groups in total. The van der Waals surface area contributed by atoms with Crippen molar-refractivity contribution in [2.45, 2.75) is 13.3 Å². The van der Waals surface area contributed by atoms with Crippen molar-refractivity contribution in [3.05, 3.63) is 28.2 Å². The van der Waals surface area contributed by atoms with Crippen molar-refractivity contribution in [1.82, 2.24) is 0 Å². The molecule has 0 saturated heterocycles. The zero-order chi connectivity index (χ0) is 9.14. The van der Waals surface area contributed by atoms with E-state index >= 15 is 0 Å². The van der Waals surface area contributed by atoms with E-state index in [9.17, 15) is 0 Å². The highest BCUT2D eigenvalue weighted by molar-refractivity contribution is 9.10. The van der Waals surface area contributed by atoms with Crippen molar-refractivity contribution in [2.75, 3.05) is 0 Å². The van der Waals surface area contributed by atoms with Crippen LogP contribution in [0.25, 0.3) is 0 Å². The van der Waals surface area contributed by atoms with Gasteiger partial charge in [-0.25, -0.2) is 0 Å². The van der Waals surface area contributed by atoms with E-state index in [2.05, 4.69) is 22.9 Å². The lowest BCUT2D eigenvalue weighted by Gasteiger charge is -2.03. The van der Waals surface area contributed by atoms with Gasteiger partial charge in [-0.3, -0.25) is 0 Å². The van der Waals surface area contributed by atoms with Gasteiger partial charge in [0, 0.05) is 4.47 Å². The minimum Gasteiger partial charge on any atom is -0.423 e. The van der Waals surface area contributed by atoms with E-state index in [1.165, 1.54) is 5.56 Å². The average Bonchev–Trinajstić information content (AvgIpc) is 2.04. The molecule has 0 saturated carbocycles. The van der Waals surface area contributed by atoms with Gasteiger partial charge in [0.25, 0.3) is 0 Å². The Morgan fingerprint density at radius 2 is 2.08 bits per heavy atom. The molecule has 0 fully saturated rings. The summed E-state index contributed by atoms with van der Waals surface area (Å²) in [5.74, 6) is 0. The summed E-state index contributed by atoms with van der Waals surface area (Å²) in [4.78, 5) is 0. The Morgan fingerprint density at radius 3 is 2.50 bits per heavy atom. The van der Waals surface area contributed by atoms with E-state index in [1.54, 1.807) is 12.1 Å². The van der Waals surface area contributed by atoms with Crippen molar-refractivity contribution in [2.24, 2.45) is 0 Å². The van der Waals surface area contributed by atoms with Gasteiger partial charge in [0.2, 0.25) is 0 Å². The standard InChI is InChI=1S/C8H10BBrO2/c1-2-6-3-4-7(9(11)12)5-8(6)10/h3-5,11-12H,2H2,1H3. The Labute approximate surface area is 80.5 Å². The molecule has 64 valence electrons. The maximum absolute atomic E-state index is 8.85. The second-order valence-electron chi connectivity index (χ2n) is 2.58. The largest absolute Gasteiger partial charge is 0.488 e. The van der Waals surface area contributed by atoms with Crippen molar-refractivity contribution in [3.63, 3.8) is 0 Å². The maximum Gasteiger partial charge on any atom is 0.488 e. The van der Waals surface area contributed by atoms with Gasteiger partial charge in [0.1, 0.15) is 0 Å². The zero-order valence-electron chi connectivity index (χ0n) is 6.79. The predicted octanol–water partition coefficient (Wildman–Crippen LogP) is 0.691. The number of halogens is 1. The fraction of sp³-hybridized carbons (Fsp3) is 0.250. The molecule has 2 nitrogen and oxygen atoms in total. The summed E-state index contributed by atoms with van der Waals surface area (Å²) >= 11 is 3.35. The van der Waals surface area contributed by atoms with Crippen LogP contribution in [0.3, 0.4) is 0 Å². The molecule has 1 aromatic carbocycles. The van der Waals surface area contributed by atoms with Crippen LogP contribution in [0.15, 0.2) is 22.7 Å². The van der Waals surface area contributed by atoms with Gasteiger partial charge in [-0.1, -0.05) is 35.0 Å². The summed E-state index contributed by atoms with van der Waals surface area (Å²) in [5.41, 5.74) is 1.68. The molecule has 0 radical (unpaired) electrons. The summed E-state index contributed by atoms with van der Waals surface area (Å²) in [7, 11) is -1.38.